The van der Waals surface area contributed by atoms with E-state index in [9.17, 15) is 14.7 Å². The molecule has 1 heterocycles. The van der Waals surface area contributed by atoms with Gasteiger partial charge in [0.25, 0.3) is 5.91 Å². The van der Waals surface area contributed by atoms with Gasteiger partial charge in [0.15, 0.2) is 11.4 Å². The van der Waals surface area contributed by atoms with Crippen LogP contribution in [0.4, 0.5) is 0 Å². The first-order chi connectivity index (χ1) is 15.5. The zero-order valence-corrected chi connectivity index (χ0v) is 18.0. The molecule has 0 bridgehead atoms. The van der Waals surface area contributed by atoms with Crippen LogP contribution in [0.1, 0.15) is 40.1 Å². The number of aromatic nitrogens is 2. The van der Waals surface area contributed by atoms with E-state index < -0.39 is 11.9 Å². The maximum atomic E-state index is 12.9. The fourth-order valence-electron chi connectivity index (χ4n) is 3.00. The van der Waals surface area contributed by atoms with Crippen molar-refractivity contribution >= 4 is 11.9 Å². The Morgan fingerprint density at radius 1 is 1.00 bits per heavy atom. The monoisotopic (exact) mass is 435 g/mol. The Labute approximate surface area is 186 Å². The highest BCUT2D eigenvalue weighted by molar-refractivity contribution is 5.96. The maximum absolute atomic E-state index is 12.9. The Hall–Kier alpha value is -3.94. The lowest BCUT2D eigenvalue weighted by atomic mass is 10.1. The predicted octanol–water partition coefficient (Wildman–Crippen LogP) is 2.95. The molecule has 3 rings (SSSR count). The number of carbonyl (C=O) groups excluding carboxylic acids is 2. The van der Waals surface area contributed by atoms with Gasteiger partial charge in [0, 0.05) is 6.42 Å². The van der Waals surface area contributed by atoms with Gasteiger partial charge in [-0.2, -0.15) is 0 Å². The van der Waals surface area contributed by atoms with Gasteiger partial charge in [-0.3, -0.25) is 9.59 Å². The number of aryl methyl sites for hydroxylation is 1. The summed E-state index contributed by atoms with van der Waals surface area (Å²) in [7, 11) is 0. The number of esters is 1. The Bertz CT molecular complexity index is 1070. The highest BCUT2D eigenvalue weighted by atomic mass is 16.5. The molecule has 3 aromatic rings. The topological polar surface area (TPSA) is 111 Å². The molecule has 0 unspecified atom stereocenters. The van der Waals surface area contributed by atoms with E-state index in [0.29, 0.717) is 17.9 Å². The standard InChI is InChI=1S/C24H25N3O5/c1-3-31-21(29)14-25-24(30)22-23(32-15-18-7-5-4-6-8-18)16(2)26-20(27-22)13-17-9-11-19(28)12-10-17/h4-12,28H,3,13-15H2,1-2H3,(H,25,30). The number of nitrogens with zero attached hydrogens (tertiary/aromatic N) is 2. The van der Waals surface area contributed by atoms with Crippen molar-refractivity contribution in [2.24, 2.45) is 0 Å². The van der Waals surface area contributed by atoms with Crippen molar-refractivity contribution in [2.75, 3.05) is 13.2 Å². The number of phenolic OH excluding ortho intramolecular Hbond substituents is 1. The van der Waals surface area contributed by atoms with Gasteiger partial charge in [-0.15, -0.1) is 0 Å². The lowest BCUT2D eigenvalue weighted by Crippen LogP contribution is -2.32. The van der Waals surface area contributed by atoms with E-state index in [4.69, 9.17) is 9.47 Å². The summed E-state index contributed by atoms with van der Waals surface area (Å²) in [5, 5.41) is 12.0. The van der Waals surface area contributed by atoms with Gasteiger partial charge in [-0.05, 0) is 37.1 Å². The lowest BCUT2D eigenvalue weighted by molar-refractivity contribution is -0.141. The van der Waals surface area contributed by atoms with Crippen LogP contribution in [0.3, 0.4) is 0 Å². The predicted molar refractivity (Wildman–Crippen MR) is 117 cm³/mol. The minimum atomic E-state index is -0.557. The number of phenols is 1. The summed E-state index contributed by atoms with van der Waals surface area (Å²) >= 11 is 0. The van der Waals surface area contributed by atoms with Crippen LogP contribution in [-0.4, -0.2) is 40.1 Å². The van der Waals surface area contributed by atoms with Crippen LogP contribution < -0.4 is 10.1 Å². The molecule has 1 amide bonds. The number of ether oxygens (including phenoxy) is 2. The van der Waals surface area contributed by atoms with Gasteiger partial charge in [-0.25, -0.2) is 9.97 Å². The highest BCUT2D eigenvalue weighted by Crippen LogP contribution is 2.23. The third-order valence-corrected chi connectivity index (χ3v) is 4.52. The highest BCUT2D eigenvalue weighted by Gasteiger charge is 2.21. The summed E-state index contributed by atoms with van der Waals surface area (Å²) in [5.41, 5.74) is 2.36. The van der Waals surface area contributed by atoms with E-state index in [1.165, 1.54) is 0 Å². The van der Waals surface area contributed by atoms with Crippen LogP contribution in [-0.2, 0) is 22.6 Å². The molecule has 0 aliphatic rings. The maximum Gasteiger partial charge on any atom is 0.325 e. The lowest BCUT2D eigenvalue weighted by Gasteiger charge is -2.15. The fourth-order valence-corrected chi connectivity index (χ4v) is 3.00. The molecule has 8 heteroatoms. The van der Waals surface area contributed by atoms with Crippen molar-refractivity contribution < 1.29 is 24.2 Å². The summed E-state index contributed by atoms with van der Waals surface area (Å²) in [6.45, 7) is 3.62. The normalized spacial score (nSPS) is 10.4. The van der Waals surface area contributed by atoms with Crippen molar-refractivity contribution in [2.45, 2.75) is 26.9 Å². The minimum absolute atomic E-state index is 0.0477. The molecule has 32 heavy (non-hydrogen) atoms. The second-order valence-electron chi connectivity index (χ2n) is 7.01. The van der Waals surface area contributed by atoms with Crippen LogP contribution in [0.15, 0.2) is 54.6 Å². The van der Waals surface area contributed by atoms with Crippen LogP contribution in [0, 0.1) is 6.92 Å². The molecule has 1 aromatic heterocycles. The SMILES string of the molecule is CCOC(=O)CNC(=O)c1nc(Cc2ccc(O)cc2)nc(C)c1OCc1ccccc1. The Kier molecular flexibility index (Phi) is 7.75. The summed E-state index contributed by atoms with van der Waals surface area (Å²) in [6.07, 6.45) is 0.359. The van der Waals surface area contributed by atoms with Crippen LogP contribution in [0.25, 0.3) is 0 Å². The Morgan fingerprint density at radius 3 is 2.41 bits per heavy atom. The van der Waals surface area contributed by atoms with Crippen LogP contribution in [0.2, 0.25) is 0 Å². The molecule has 166 valence electrons. The molecule has 2 aromatic carbocycles. The summed E-state index contributed by atoms with van der Waals surface area (Å²) in [5.74, 6) is -0.262. The fraction of sp³-hybridized carbons (Fsp3) is 0.250. The first-order valence-electron chi connectivity index (χ1n) is 10.2. The van der Waals surface area contributed by atoms with Crippen LogP contribution >= 0.6 is 0 Å². The molecule has 2 N–H and O–H groups in total. The van der Waals surface area contributed by atoms with E-state index in [2.05, 4.69) is 15.3 Å². The number of rotatable bonds is 9. The van der Waals surface area contributed by atoms with Gasteiger partial charge in [-0.1, -0.05) is 42.5 Å². The van der Waals surface area contributed by atoms with E-state index >= 15 is 0 Å². The largest absolute Gasteiger partial charge is 0.508 e. The second kappa shape index (κ2) is 10.9. The number of hydrogen-bond donors (Lipinski definition) is 2. The molecule has 0 radical (unpaired) electrons. The average molecular weight is 435 g/mol. The zero-order chi connectivity index (χ0) is 22.9. The molecule has 0 spiro atoms. The quantitative estimate of drug-likeness (QED) is 0.497. The van der Waals surface area contributed by atoms with Gasteiger partial charge >= 0.3 is 5.97 Å². The molecule has 0 saturated heterocycles. The molecule has 0 saturated carbocycles. The third-order valence-electron chi connectivity index (χ3n) is 4.52. The number of amides is 1. The van der Waals surface area contributed by atoms with Crippen molar-refractivity contribution in [1.29, 1.82) is 0 Å². The number of hydrogen-bond acceptors (Lipinski definition) is 7. The second-order valence-corrected chi connectivity index (χ2v) is 7.01. The molecule has 0 aliphatic carbocycles. The number of benzene rings is 2. The molecule has 0 atom stereocenters. The Morgan fingerprint density at radius 2 is 1.72 bits per heavy atom. The first-order valence-corrected chi connectivity index (χ1v) is 10.2. The molecular formula is C24H25N3O5. The summed E-state index contributed by atoms with van der Waals surface area (Å²) < 4.78 is 10.8. The summed E-state index contributed by atoms with van der Waals surface area (Å²) in [4.78, 5) is 33.4. The Balaban J connectivity index is 1.86. The first kappa shape index (κ1) is 22.7. The van der Waals surface area contributed by atoms with Crippen molar-refractivity contribution in [1.82, 2.24) is 15.3 Å². The van der Waals surface area contributed by atoms with Crippen molar-refractivity contribution in [3.05, 3.63) is 82.9 Å². The molecule has 0 aliphatic heterocycles. The van der Waals surface area contributed by atoms with Crippen molar-refractivity contribution in [3.63, 3.8) is 0 Å². The number of aromatic hydroxyl groups is 1. The van der Waals surface area contributed by atoms with Gasteiger partial charge in [0.2, 0.25) is 0 Å². The van der Waals surface area contributed by atoms with Gasteiger partial charge < -0.3 is 19.9 Å². The zero-order valence-electron chi connectivity index (χ0n) is 18.0. The molecule has 8 nitrogen and oxygen atoms in total. The van der Waals surface area contributed by atoms with E-state index in [0.717, 1.165) is 11.1 Å². The molecular weight excluding hydrogens is 410 g/mol. The minimum Gasteiger partial charge on any atom is -0.508 e. The van der Waals surface area contributed by atoms with Gasteiger partial charge in [0.05, 0.1) is 12.3 Å². The van der Waals surface area contributed by atoms with E-state index in [-0.39, 0.29) is 37.0 Å². The van der Waals surface area contributed by atoms with Gasteiger partial charge in [0.1, 0.15) is 24.7 Å². The van der Waals surface area contributed by atoms with Crippen LogP contribution in [0.5, 0.6) is 11.5 Å². The number of carbonyl (C=O) groups is 2. The number of nitrogens with one attached hydrogen (secondary N) is 1. The summed E-state index contributed by atoms with van der Waals surface area (Å²) in [6, 6.07) is 16.2. The average Bonchev–Trinajstić information content (AvgIpc) is 2.79. The molecule has 0 fully saturated rings. The smallest absolute Gasteiger partial charge is 0.325 e. The van der Waals surface area contributed by atoms with E-state index in [1.807, 2.05) is 30.3 Å². The van der Waals surface area contributed by atoms with E-state index in [1.54, 1.807) is 38.1 Å². The third kappa shape index (κ3) is 6.28. The van der Waals surface area contributed by atoms with Crippen molar-refractivity contribution in [3.8, 4) is 11.5 Å².